The predicted octanol–water partition coefficient (Wildman–Crippen LogP) is 2.61. The number of benzene rings is 1. The lowest BCUT2D eigenvalue weighted by molar-refractivity contribution is 0.407. The molecule has 2 N–H and O–H groups in total. The normalized spacial score (nSPS) is 10.2. The third-order valence-corrected chi connectivity index (χ3v) is 2.51. The highest BCUT2D eigenvalue weighted by Crippen LogP contribution is 2.32. The molecule has 2 nitrogen and oxygen atoms in total. The number of hydrogen-bond acceptors (Lipinski definition) is 2. The fourth-order valence-corrected chi connectivity index (χ4v) is 2.22. The fourth-order valence-electron chi connectivity index (χ4n) is 1.18. The van der Waals surface area contributed by atoms with Gasteiger partial charge in [0.1, 0.15) is 5.75 Å². The zero-order valence-electron chi connectivity index (χ0n) is 7.31. The molecule has 0 saturated carbocycles. The van der Waals surface area contributed by atoms with Crippen LogP contribution in [-0.2, 0) is 6.42 Å². The molecule has 0 bridgehead atoms. The lowest BCUT2D eigenvalue weighted by atomic mass is 10.1. The summed E-state index contributed by atoms with van der Waals surface area (Å²) >= 11 is 9.27. The molecule has 0 unspecified atom stereocenters. The van der Waals surface area contributed by atoms with Crippen molar-refractivity contribution in [3.05, 3.63) is 27.2 Å². The van der Waals surface area contributed by atoms with Crippen molar-refractivity contribution in [1.82, 2.24) is 0 Å². The minimum atomic E-state index is 0.586. The minimum Gasteiger partial charge on any atom is -0.495 e. The first-order valence-corrected chi connectivity index (χ1v) is 5.08. The molecule has 0 saturated heterocycles. The lowest BCUT2D eigenvalue weighted by Gasteiger charge is -2.09. The van der Waals surface area contributed by atoms with Crippen molar-refractivity contribution < 1.29 is 4.74 Å². The van der Waals surface area contributed by atoms with Crippen molar-refractivity contribution >= 4 is 27.5 Å². The molecule has 0 aliphatic rings. The van der Waals surface area contributed by atoms with E-state index >= 15 is 0 Å². The summed E-state index contributed by atoms with van der Waals surface area (Å²) in [5, 5.41) is 0.691. The first kappa shape index (κ1) is 10.8. The van der Waals surface area contributed by atoms with Crippen molar-refractivity contribution in [2.75, 3.05) is 13.7 Å². The molecule has 1 aromatic carbocycles. The first-order valence-electron chi connectivity index (χ1n) is 3.91. The Bertz CT molecular complexity index is 304. The lowest BCUT2D eigenvalue weighted by Crippen LogP contribution is -2.04. The molecule has 1 aromatic rings. The van der Waals surface area contributed by atoms with Gasteiger partial charge in [-0.1, -0.05) is 11.6 Å². The van der Waals surface area contributed by atoms with Crippen LogP contribution in [0, 0.1) is 0 Å². The second-order valence-corrected chi connectivity index (χ2v) is 3.91. The molecule has 4 heteroatoms. The van der Waals surface area contributed by atoms with E-state index in [0.29, 0.717) is 11.6 Å². The van der Waals surface area contributed by atoms with Gasteiger partial charge in [-0.2, -0.15) is 0 Å². The van der Waals surface area contributed by atoms with Crippen LogP contribution in [-0.4, -0.2) is 13.7 Å². The zero-order valence-corrected chi connectivity index (χ0v) is 9.65. The van der Waals surface area contributed by atoms with Crippen molar-refractivity contribution in [3.8, 4) is 5.75 Å². The topological polar surface area (TPSA) is 35.2 Å². The number of methoxy groups -OCH3 is 1. The van der Waals surface area contributed by atoms with E-state index in [1.165, 1.54) is 0 Å². The molecule has 72 valence electrons. The molecular weight excluding hydrogens is 253 g/mol. The highest BCUT2D eigenvalue weighted by atomic mass is 79.9. The van der Waals surface area contributed by atoms with Gasteiger partial charge < -0.3 is 10.5 Å². The SMILES string of the molecule is COc1c(Br)cc(Cl)cc1CCN. The Morgan fingerprint density at radius 1 is 1.54 bits per heavy atom. The van der Waals surface area contributed by atoms with E-state index in [1.54, 1.807) is 13.2 Å². The van der Waals surface area contributed by atoms with Gasteiger partial charge in [-0.25, -0.2) is 0 Å². The van der Waals surface area contributed by atoms with Crippen molar-refractivity contribution in [2.24, 2.45) is 5.73 Å². The number of hydrogen-bond donors (Lipinski definition) is 1. The van der Waals surface area contributed by atoms with E-state index in [9.17, 15) is 0 Å². The van der Waals surface area contributed by atoms with Gasteiger partial charge in [-0.3, -0.25) is 0 Å². The Hall–Kier alpha value is -0.250. The maximum atomic E-state index is 5.89. The zero-order chi connectivity index (χ0) is 9.84. The summed E-state index contributed by atoms with van der Waals surface area (Å²) in [5.74, 6) is 0.815. The van der Waals surface area contributed by atoms with Gasteiger partial charge in [0.2, 0.25) is 0 Å². The van der Waals surface area contributed by atoms with Crippen molar-refractivity contribution in [3.63, 3.8) is 0 Å². The van der Waals surface area contributed by atoms with Crippen LogP contribution in [0.25, 0.3) is 0 Å². The smallest absolute Gasteiger partial charge is 0.136 e. The molecule has 1 rings (SSSR count). The highest BCUT2D eigenvalue weighted by Gasteiger charge is 2.07. The Morgan fingerprint density at radius 2 is 2.23 bits per heavy atom. The molecule has 0 aliphatic carbocycles. The number of halogens is 2. The predicted molar refractivity (Wildman–Crippen MR) is 58.5 cm³/mol. The van der Waals surface area contributed by atoms with E-state index in [-0.39, 0.29) is 0 Å². The van der Waals surface area contributed by atoms with E-state index in [1.807, 2.05) is 6.07 Å². The summed E-state index contributed by atoms with van der Waals surface area (Å²) in [6.45, 7) is 0.586. The van der Waals surface area contributed by atoms with Gasteiger partial charge in [-0.05, 0) is 46.6 Å². The summed E-state index contributed by atoms with van der Waals surface area (Å²) in [4.78, 5) is 0. The fraction of sp³-hybridized carbons (Fsp3) is 0.333. The average molecular weight is 265 g/mol. The first-order chi connectivity index (χ1) is 6.19. The summed E-state index contributed by atoms with van der Waals surface area (Å²) in [6, 6.07) is 3.68. The average Bonchev–Trinajstić information content (AvgIpc) is 2.04. The van der Waals surface area contributed by atoms with Crippen LogP contribution in [0.15, 0.2) is 16.6 Å². The largest absolute Gasteiger partial charge is 0.495 e. The molecule has 0 fully saturated rings. The Morgan fingerprint density at radius 3 is 2.77 bits per heavy atom. The number of nitrogens with two attached hydrogens (primary N) is 1. The summed E-state index contributed by atoms with van der Waals surface area (Å²) in [6.07, 6.45) is 0.766. The second kappa shape index (κ2) is 4.84. The summed E-state index contributed by atoms with van der Waals surface area (Å²) < 4.78 is 6.09. The third kappa shape index (κ3) is 2.59. The van der Waals surface area contributed by atoms with Crippen molar-refractivity contribution in [1.29, 1.82) is 0 Å². The molecular formula is C9H11BrClNO. The van der Waals surface area contributed by atoms with E-state index < -0.39 is 0 Å². The van der Waals surface area contributed by atoms with Gasteiger partial charge in [0.05, 0.1) is 11.6 Å². The monoisotopic (exact) mass is 263 g/mol. The van der Waals surface area contributed by atoms with Crippen LogP contribution >= 0.6 is 27.5 Å². The molecule has 0 spiro atoms. The highest BCUT2D eigenvalue weighted by molar-refractivity contribution is 9.10. The van der Waals surface area contributed by atoms with Crippen LogP contribution in [0.5, 0.6) is 5.75 Å². The maximum Gasteiger partial charge on any atom is 0.136 e. The molecule has 0 heterocycles. The van der Waals surface area contributed by atoms with Crippen LogP contribution in [0.3, 0.4) is 0 Å². The maximum absolute atomic E-state index is 5.89. The van der Waals surface area contributed by atoms with E-state index in [0.717, 1.165) is 22.2 Å². The Balaban J connectivity index is 3.13. The summed E-state index contributed by atoms with van der Waals surface area (Å²) in [7, 11) is 1.63. The molecule has 0 atom stereocenters. The third-order valence-electron chi connectivity index (χ3n) is 1.70. The van der Waals surface area contributed by atoms with Gasteiger partial charge in [0.15, 0.2) is 0 Å². The van der Waals surface area contributed by atoms with Crippen LogP contribution in [0.2, 0.25) is 5.02 Å². The van der Waals surface area contributed by atoms with Gasteiger partial charge in [0.25, 0.3) is 0 Å². The Kier molecular flexibility index (Phi) is 4.03. The van der Waals surface area contributed by atoms with Gasteiger partial charge in [-0.15, -0.1) is 0 Å². The molecule has 0 amide bonds. The quantitative estimate of drug-likeness (QED) is 0.911. The minimum absolute atomic E-state index is 0.586. The van der Waals surface area contributed by atoms with Crippen LogP contribution in [0.4, 0.5) is 0 Å². The Labute approximate surface area is 91.2 Å². The second-order valence-electron chi connectivity index (χ2n) is 2.62. The number of ether oxygens (including phenoxy) is 1. The standard InChI is InChI=1S/C9H11BrClNO/c1-13-9-6(2-3-12)4-7(11)5-8(9)10/h4-5H,2-3,12H2,1H3. The van der Waals surface area contributed by atoms with E-state index in [2.05, 4.69) is 15.9 Å². The van der Waals surface area contributed by atoms with E-state index in [4.69, 9.17) is 22.1 Å². The van der Waals surface area contributed by atoms with Gasteiger partial charge in [0, 0.05) is 5.02 Å². The number of rotatable bonds is 3. The van der Waals surface area contributed by atoms with Gasteiger partial charge >= 0.3 is 0 Å². The van der Waals surface area contributed by atoms with Crippen LogP contribution in [0.1, 0.15) is 5.56 Å². The molecule has 0 radical (unpaired) electrons. The van der Waals surface area contributed by atoms with Crippen molar-refractivity contribution in [2.45, 2.75) is 6.42 Å². The molecule has 13 heavy (non-hydrogen) atoms. The van der Waals surface area contributed by atoms with Crippen LogP contribution < -0.4 is 10.5 Å². The summed E-state index contributed by atoms with van der Waals surface area (Å²) in [5.41, 5.74) is 6.50. The molecule has 0 aromatic heterocycles. The molecule has 0 aliphatic heterocycles.